The molecule has 2 aliphatic heterocycles. The van der Waals surface area contributed by atoms with Crippen LogP contribution in [0.15, 0.2) is 24.3 Å². The van der Waals surface area contributed by atoms with Gasteiger partial charge in [0, 0.05) is 24.3 Å². The Kier molecular flexibility index (Phi) is 3.63. The number of fused-ring (bicyclic) bond motifs is 1. The van der Waals surface area contributed by atoms with Crippen LogP contribution in [0.5, 0.6) is 0 Å². The van der Waals surface area contributed by atoms with E-state index in [1.807, 2.05) is 0 Å². The molecule has 2 atom stereocenters. The largest absolute Gasteiger partial charge is 0.416 e. The number of piperidine rings is 1. The van der Waals surface area contributed by atoms with Crippen molar-refractivity contribution in [1.82, 2.24) is 4.90 Å². The van der Waals surface area contributed by atoms with E-state index < -0.39 is 11.7 Å². The van der Waals surface area contributed by atoms with Gasteiger partial charge in [-0.3, -0.25) is 4.90 Å². The normalized spacial score (nSPS) is 27.4. The van der Waals surface area contributed by atoms with Crippen LogP contribution in [0.25, 0.3) is 0 Å². The van der Waals surface area contributed by atoms with Crippen LogP contribution in [0.3, 0.4) is 0 Å². The zero-order valence-corrected chi connectivity index (χ0v) is 11.3. The summed E-state index contributed by atoms with van der Waals surface area (Å²) < 4.78 is 37.6. The molecule has 1 N–H and O–H groups in total. The topological polar surface area (TPSA) is 15.3 Å². The second kappa shape index (κ2) is 5.28. The molecule has 2 heterocycles. The molecule has 2 aliphatic rings. The lowest BCUT2D eigenvalue weighted by Gasteiger charge is -2.33. The molecule has 0 bridgehead atoms. The highest BCUT2D eigenvalue weighted by Gasteiger charge is 2.35. The number of benzene rings is 1. The van der Waals surface area contributed by atoms with Crippen LogP contribution in [-0.2, 0) is 6.18 Å². The van der Waals surface area contributed by atoms with Gasteiger partial charge in [0.2, 0.25) is 0 Å². The molecule has 1 aromatic rings. The van der Waals surface area contributed by atoms with Gasteiger partial charge in [0.25, 0.3) is 0 Å². The summed E-state index contributed by atoms with van der Waals surface area (Å²) in [5, 5.41) is 3.41. The minimum atomic E-state index is -4.26. The van der Waals surface area contributed by atoms with Crippen molar-refractivity contribution in [2.75, 3.05) is 18.4 Å². The average molecular weight is 284 g/mol. The van der Waals surface area contributed by atoms with E-state index in [4.69, 9.17) is 0 Å². The van der Waals surface area contributed by atoms with Crippen molar-refractivity contribution in [3.63, 3.8) is 0 Å². The Morgan fingerprint density at radius 3 is 2.45 bits per heavy atom. The summed E-state index contributed by atoms with van der Waals surface area (Å²) in [5.41, 5.74) is 0.198. The molecule has 2 nitrogen and oxygen atoms in total. The molecule has 110 valence electrons. The fraction of sp³-hybridized carbons (Fsp3) is 0.600. The van der Waals surface area contributed by atoms with Crippen LogP contribution >= 0.6 is 0 Å². The van der Waals surface area contributed by atoms with Crippen molar-refractivity contribution in [2.24, 2.45) is 0 Å². The van der Waals surface area contributed by atoms with E-state index in [2.05, 4.69) is 10.2 Å². The number of hydrogen-bond donors (Lipinski definition) is 1. The smallest absolute Gasteiger partial charge is 0.381 e. The Labute approximate surface area is 117 Å². The third-order valence-corrected chi connectivity index (χ3v) is 4.42. The SMILES string of the molecule is FC(F)(F)c1ccc(NC2CCN3CCCCC23)cc1. The highest BCUT2D eigenvalue weighted by Crippen LogP contribution is 2.32. The minimum absolute atomic E-state index is 0.368. The van der Waals surface area contributed by atoms with Gasteiger partial charge in [-0.15, -0.1) is 0 Å². The van der Waals surface area contributed by atoms with Gasteiger partial charge in [-0.1, -0.05) is 6.42 Å². The number of nitrogens with one attached hydrogen (secondary N) is 1. The molecule has 0 aromatic heterocycles. The van der Waals surface area contributed by atoms with Crippen LogP contribution in [0, 0.1) is 0 Å². The summed E-state index contributed by atoms with van der Waals surface area (Å²) in [6.45, 7) is 2.26. The van der Waals surface area contributed by atoms with Crippen molar-refractivity contribution < 1.29 is 13.2 Å². The van der Waals surface area contributed by atoms with E-state index in [-0.39, 0.29) is 0 Å². The summed E-state index contributed by atoms with van der Waals surface area (Å²) in [7, 11) is 0. The van der Waals surface area contributed by atoms with Crippen LogP contribution in [-0.4, -0.2) is 30.1 Å². The van der Waals surface area contributed by atoms with Gasteiger partial charge in [-0.05, 0) is 50.1 Å². The fourth-order valence-corrected chi connectivity index (χ4v) is 3.39. The van der Waals surface area contributed by atoms with Gasteiger partial charge in [-0.25, -0.2) is 0 Å². The van der Waals surface area contributed by atoms with Gasteiger partial charge in [-0.2, -0.15) is 13.2 Å². The van der Waals surface area contributed by atoms with Gasteiger partial charge in [0.1, 0.15) is 0 Å². The standard InChI is InChI=1S/C15H19F3N2/c16-15(17,18)11-4-6-12(7-5-11)19-13-8-10-20-9-2-1-3-14(13)20/h4-7,13-14,19H,1-3,8-10H2. The average Bonchev–Trinajstić information content (AvgIpc) is 2.82. The third kappa shape index (κ3) is 2.77. The Hall–Kier alpha value is -1.23. The molecule has 2 fully saturated rings. The second-order valence-electron chi connectivity index (χ2n) is 5.71. The molecule has 0 saturated carbocycles. The van der Waals surface area contributed by atoms with Crippen LogP contribution in [0.1, 0.15) is 31.2 Å². The van der Waals surface area contributed by atoms with Crippen molar-refractivity contribution >= 4 is 5.69 Å². The Bertz CT molecular complexity index is 455. The first kappa shape index (κ1) is 13.7. The number of anilines is 1. The lowest BCUT2D eigenvalue weighted by Crippen LogP contribution is -2.41. The first-order valence-corrected chi connectivity index (χ1v) is 7.22. The van der Waals surface area contributed by atoms with E-state index >= 15 is 0 Å². The molecule has 1 aromatic carbocycles. The summed E-state index contributed by atoms with van der Waals surface area (Å²) in [4.78, 5) is 2.51. The lowest BCUT2D eigenvalue weighted by molar-refractivity contribution is -0.137. The Morgan fingerprint density at radius 1 is 1.00 bits per heavy atom. The molecular weight excluding hydrogens is 265 g/mol. The van der Waals surface area contributed by atoms with Gasteiger partial charge < -0.3 is 5.32 Å². The molecule has 0 radical (unpaired) electrons. The lowest BCUT2D eigenvalue weighted by atomic mass is 9.99. The molecule has 3 rings (SSSR count). The van der Waals surface area contributed by atoms with Gasteiger partial charge in [0.05, 0.1) is 5.56 Å². The second-order valence-corrected chi connectivity index (χ2v) is 5.71. The van der Waals surface area contributed by atoms with Crippen molar-refractivity contribution in [1.29, 1.82) is 0 Å². The quantitative estimate of drug-likeness (QED) is 0.890. The molecule has 0 amide bonds. The van der Waals surface area contributed by atoms with E-state index in [0.717, 1.165) is 37.3 Å². The van der Waals surface area contributed by atoms with Gasteiger partial charge >= 0.3 is 6.18 Å². The molecule has 2 saturated heterocycles. The maximum atomic E-state index is 12.5. The number of alkyl halides is 3. The van der Waals surface area contributed by atoms with E-state index in [9.17, 15) is 13.2 Å². The maximum absolute atomic E-state index is 12.5. The van der Waals surface area contributed by atoms with Crippen molar-refractivity contribution in [3.05, 3.63) is 29.8 Å². The zero-order chi connectivity index (χ0) is 14.2. The third-order valence-electron chi connectivity index (χ3n) is 4.42. The molecule has 0 aliphatic carbocycles. The first-order chi connectivity index (χ1) is 9.54. The number of hydrogen-bond acceptors (Lipinski definition) is 2. The summed E-state index contributed by atoms with van der Waals surface area (Å²) in [6.07, 6.45) is 0.534. The van der Waals surface area contributed by atoms with Crippen LogP contribution in [0.4, 0.5) is 18.9 Å². The molecule has 0 spiro atoms. The van der Waals surface area contributed by atoms with Crippen molar-refractivity contribution in [2.45, 2.75) is 43.9 Å². The molecule has 5 heteroatoms. The highest BCUT2D eigenvalue weighted by molar-refractivity contribution is 5.46. The van der Waals surface area contributed by atoms with E-state index in [1.165, 1.54) is 31.4 Å². The minimum Gasteiger partial charge on any atom is -0.381 e. The Balaban J connectivity index is 1.66. The Morgan fingerprint density at radius 2 is 1.75 bits per heavy atom. The van der Waals surface area contributed by atoms with Crippen molar-refractivity contribution in [3.8, 4) is 0 Å². The number of halogens is 3. The molecule has 20 heavy (non-hydrogen) atoms. The summed E-state index contributed by atoms with van der Waals surface area (Å²) in [5.74, 6) is 0. The van der Waals surface area contributed by atoms with Gasteiger partial charge in [0.15, 0.2) is 0 Å². The first-order valence-electron chi connectivity index (χ1n) is 7.22. The maximum Gasteiger partial charge on any atom is 0.416 e. The van der Waals surface area contributed by atoms with Crippen LogP contribution < -0.4 is 5.32 Å². The number of nitrogens with zero attached hydrogens (tertiary/aromatic N) is 1. The summed E-state index contributed by atoms with van der Waals surface area (Å²) in [6, 6.07) is 6.28. The predicted octanol–water partition coefficient (Wildman–Crippen LogP) is 3.74. The monoisotopic (exact) mass is 284 g/mol. The molecular formula is C15H19F3N2. The zero-order valence-electron chi connectivity index (χ0n) is 11.3. The van der Waals surface area contributed by atoms with E-state index in [0.29, 0.717) is 12.1 Å². The molecule has 2 unspecified atom stereocenters. The van der Waals surface area contributed by atoms with Crippen LogP contribution in [0.2, 0.25) is 0 Å². The predicted molar refractivity (Wildman–Crippen MR) is 72.7 cm³/mol. The fourth-order valence-electron chi connectivity index (χ4n) is 3.39. The highest BCUT2D eigenvalue weighted by atomic mass is 19.4. The summed E-state index contributed by atoms with van der Waals surface area (Å²) >= 11 is 0. The number of rotatable bonds is 2. The van der Waals surface area contributed by atoms with E-state index in [1.54, 1.807) is 0 Å².